The highest BCUT2D eigenvalue weighted by molar-refractivity contribution is 7.89. The molecule has 2 rings (SSSR count). The predicted octanol–water partition coefficient (Wildman–Crippen LogP) is 1.61. The molecular weight excluding hydrogens is 280 g/mol. The number of furan rings is 1. The van der Waals surface area contributed by atoms with Crippen molar-refractivity contribution < 1.29 is 17.6 Å². The molecule has 1 aliphatic carbocycles. The molecule has 1 aromatic heterocycles. The van der Waals surface area contributed by atoms with Crippen molar-refractivity contribution in [1.29, 1.82) is 0 Å². The molecule has 6 nitrogen and oxygen atoms in total. The molecule has 20 heavy (non-hydrogen) atoms. The fourth-order valence-corrected chi connectivity index (χ4v) is 3.74. The van der Waals surface area contributed by atoms with Gasteiger partial charge in [-0.15, -0.1) is 0 Å². The number of hydrogen-bond donors (Lipinski definition) is 2. The van der Waals surface area contributed by atoms with Crippen molar-refractivity contribution in [3.63, 3.8) is 0 Å². The van der Waals surface area contributed by atoms with Crippen LogP contribution in [0, 0.1) is 13.8 Å². The first-order valence-electron chi connectivity index (χ1n) is 6.74. The third-order valence-corrected chi connectivity index (χ3v) is 4.72. The van der Waals surface area contributed by atoms with Gasteiger partial charge in [-0.05, 0) is 26.7 Å². The highest BCUT2D eigenvalue weighted by Crippen LogP contribution is 2.26. The molecule has 0 unspecified atom stereocenters. The Kier molecular flexibility index (Phi) is 4.19. The van der Waals surface area contributed by atoms with Crippen LogP contribution >= 0.6 is 0 Å². The molecule has 112 valence electrons. The van der Waals surface area contributed by atoms with Crippen LogP contribution in [0.5, 0.6) is 0 Å². The Hall–Kier alpha value is -1.34. The van der Waals surface area contributed by atoms with Crippen LogP contribution in [-0.2, 0) is 10.0 Å². The molecule has 0 saturated heterocycles. The van der Waals surface area contributed by atoms with E-state index in [9.17, 15) is 13.2 Å². The van der Waals surface area contributed by atoms with Crippen LogP contribution in [0.1, 0.15) is 54.0 Å². The first-order valence-corrected chi connectivity index (χ1v) is 8.29. The zero-order valence-corrected chi connectivity index (χ0v) is 12.5. The van der Waals surface area contributed by atoms with Gasteiger partial charge in [0.05, 0.1) is 0 Å². The van der Waals surface area contributed by atoms with Crippen LogP contribution < -0.4 is 10.5 Å². The highest BCUT2D eigenvalue weighted by atomic mass is 32.2. The lowest BCUT2D eigenvalue weighted by Gasteiger charge is -2.22. The number of aryl methyl sites for hydroxylation is 2. The fraction of sp³-hybridized carbons (Fsp3) is 0.615. The van der Waals surface area contributed by atoms with E-state index in [4.69, 9.17) is 9.56 Å². The third-order valence-electron chi connectivity index (χ3n) is 3.66. The fourth-order valence-electron chi connectivity index (χ4n) is 2.77. The number of nitrogens with one attached hydrogen (secondary N) is 1. The summed E-state index contributed by atoms with van der Waals surface area (Å²) in [5.74, 6) is 0.00824. The van der Waals surface area contributed by atoms with E-state index in [1.165, 1.54) is 13.3 Å². The highest BCUT2D eigenvalue weighted by Gasteiger charge is 2.29. The molecule has 0 aliphatic heterocycles. The standard InChI is InChI=1S/C13H20N2O4S/c1-8-11(12(9(2)19-8)20(14,17)18)13(16)15-10-6-4-3-5-7-10/h10H,3-7H2,1-2H3,(H,15,16)(H2,14,17,18). The quantitative estimate of drug-likeness (QED) is 0.885. The van der Waals surface area contributed by atoms with Crippen molar-refractivity contribution in [3.8, 4) is 0 Å². The van der Waals surface area contributed by atoms with Crippen molar-refractivity contribution in [2.75, 3.05) is 0 Å². The summed E-state index contributed by atoms with van der Waals surface area (Å²) in [4.78, 5) is 12.1. The van der Waals surface area contributed by atoms with Crippen LogP contribution in [0.15, 0.2) is 9.31 Å². The van der Waals surface area contributed by atoms with Crippen molar-refractivity contribution in [2.45, 2.75) is 56.9 Å². The molecule has 1 aromatic rings. The third kappa shape index (κ3) is 3.04. The number of nitrogens with two attached hydrogens (primary N) is 1. The summed E-state index contributed by atoms with van der Waals surface area (Å²) in [5.41, 5.74) is 0.0376. The van der Waals surface area contributed by atoms with E-state index in [0.29, 0.717) is 0 Å². The van der Waals surface area contributed by atoms with Gasteiger partial charge in [0.2, 0.25) is 10.0 Å². The number of rotatable bonds is 3. The topological polar surface area (TPSA) is 102 Å². The van der Waals surface area contributed by atoms with Gasteiger partial charge in [-0.3, -0.25) is 4.79 Å². The molecule has 7 heteroatoms. The van der Waals surface area contributed by atoms with Crippen molar-refractivity contribution in [2.24, 2.45) is 5.14 Å². The van der Waals surface area contributed by atoms with Gasteiger partial charge in [-0.25, -0.2) is 13.6 Å². The van der Waals surface area contributed by atoms with Gasteiger partial charge in [-0.2, -0.15) is 0 Å². The minimum atomic E-state index is -3.98. The lowest BCUT2D eigenvalue weighted by Crippen LogP contribution is -2.37. The van der Waals surface area contributed by atoms with E-state index < -0.39 is 15.9 Å². The van der Waals surface area contributed by atoms with Gasteiger partial charge in [0, 0.05) is 6.04 Å². The number of carbonyl (C=O) groups is 1. The molecule has 1 saturated carbocycles. The first-order chi connectivity index (χ1) is 9.30. The zero-order valence-electron chi connectivity index (χ0n) is 11.7. The summed E-state index contributed by atoms with van der Waals surface area (Å²) in [7, 11) is -3.98. The van der Waals surface area contributed by atoms with Crippen molar-refractivity contribution in [3.05, 3.63) is 17.1 Å². The maximum absolute atomic E-state index is 12.3. The second-order valence-corrected chi connectivity index (χ2v) is 6.77. The van der Waals surface area contributed by atoms with Gasteiger partial charge in [0.1, 0.15) is 22.0 Å². The second-order valence-electron chi connectivity index (χ2n) is 5.27. The summed E-state index contributed by atoms with van der Waals surface area (Å²) in [6.45, 7) is 3.06. The van der Waals surface area contributed by atoms with E-state index in [1.54, 1.807) is 6.92 Å². The van der Waals surface area contributed by atoms with E-state index >= 15 is 0 Å². The molecule has 1 fully saturated rings. The predicted molar refractivity (Wildman–Crippen MR) is 73.9 cm³/mol. The molecule has 0 bridgehead atoms. The Morgan fingerprint density at radius 3 is 2.35 bits per heavy atom. The summed E-state index contributed by atoms with van der Waals surface area (Å²) in [5, 5.41) is 8.06. The molecule has 0 aromatic carbocycles. The minimum Gasteiger partial charge on any atom is -0.464 e. The Balaban J connectivity index is 2.30. The van der Waals surface area contributed by atoms with Crippen LogP contribution in [0.4, 0.5) is 0 Å². The number of amides is 1. The monoisotopic (exact) mass is 300 g/mol. The lowest BCUT2D eigenvalue weighted by atomic mass is 9.95. The smallest absolute Gasteiger partial charge is 0.256 e. The van der Waals surface area contributed by atoms with Crippen LogP contribution in [0.3, 0.4) is 0 Å². The van der Waals surface area contributed by atoms with Crippen molar-refractivity contribution >= 4 is 15.9 Å². The Bertz CT molecular complexity index is 613. The molecule has 0 atom stereocenters. The number of sulfonamides is 1. The summed E-state index contributed by atoms with van der Waals surface area (Å²) < 4.78 is 28.5. The van der Waals surface area contributed by atoms with Gasteiger partial charge < -0.3 is 9.73 Å². The van der Waals surface area contributed by atoms with Crippen LogP contribution in [-0.4, -0.2) is 20.4 Å². The van der Waals surface area contributed by atoms with E-state index in [1.807, 2.05) is 0 Å². The summed E-state index contributed by atoms with van der Waals surface area (Å²) in [6.07, 6.45) is 5.18. The van der Waals surface area contributed by atoms with E-state index in [0.717, 1.165) is 25.7 Å². The molecule has 1 aliphatic rings. The second kappa shape index (κ2) is 5.57. The van der Waals surface area contributed by atoms with Gasteiger partial charge in [0.15, 0.2) is 0 Å². The number of primary sulfonamides is 1. The molecule has 3 N–H and O–H groups in total. The molecule has 1 amide bonds. The van der Waals surface area contributed by atoms with Gasteiger partial charge in [0.25, 0.3) is 5.91 Å². The number of hydrogen-bond acceptors (Lipinski definition) is 4. The average Bonchev–Trinajstić information content (AvgIpc) is 2.65. The zero-order chi connectivity index (χ0) is 14.9. The number of carbonyl (C=O) groups excluding carboxylic acids is 1. The summed E-state index contributed by atoms with van der Waals surface area (Å²) >= 11 is 0. The summed E-state index contributed by atoms with van der Waals surface area (Å²) in [6, 6.07) is 0.0965. The largest absolute Gasteiger partial charge is 0.464 e. The maximum atomic E-state index is 12.3. The average molecular weight is 300 g/mol. The molecule has 0 spiro atoms. The Morgan fingerprint density at radius 1 is 1.20 bits per heavy atom. The van der Waals surface area contributed by atoms with Crippen molar-refractivity contribution in [1.82, 2.24) is 5.32 Å². The molecule has 1 heterocycles. The molecule has 0 radical (unpaired) electrons. The van der Waals surface area contributed by atoms with Gasteiger partial charge >= 0.3 is 0 Å². The minimum absolute atomic E-state index is 0.0376. The normalized spacial score (nSPS) is 17.1. The lowest BCUT2D eigenvalue weighted by molar-refractivity contribution is 0.0923. The van der Waals surface area contributed by atoms with E-state index in [-0.39, 0.29) is 28.0 Å². The Labute approximate surface area is 118 Å². The van der Waals surface area contributed by atoms with Gasteiger partial charge in [-0.1, -0.05) is 19.3 Å². The maximum Gasteiger partial charge on any atom is 0.256 e. The van der Waals surface area contributed by atoms with Crippen LogP contribution in [0.25, 0.3) is 0 Å². The Morgan fingerprint density at radius 2 is 1.80 bits per heavy atom. The van der Waals surface area contributed by atoms with Crippen LogP contribution in [0.2, 0.25) is 0 Å². The SMILES string of the molecule is Cc1oc(C)c(S(N)(=O)=O)c1C(=O)NC1CCCCC1. The first kappa shape index (κ1) is 15.1. The molecular formula is C13H20N2O4S. The van der Waals surface area contributed by atoms with E-state index in [2.05, 4.69) is 5.32 Å².